The average molecular weight is 309 g/mol. The highest BCUT2D eigenvalue weighted by atomic mass is 35.5. The minimum Gasteiger partial charge on any atom is -0.200 e. The molecule has 0 bridgehead atoms. The lowest BCUT2D eigenvalue weighted by molar-refractivity contribution is 0.584. The molecular weight excluding hydrogens is 296 g/mol. The van der Waals surface area contributed by atoms with Gasteiger partial charge in [0.15, 0.2) is 0 Å². The van der Waals surface area contributed by atoms with Crippen molar-refractivity contribution in [2.75, 3.05) is 0 Å². The van der Waals surface area contributed by atoms with Crippen LogP contribution in [0.3, 0.4) is 0 Å². The molecule has 0 atom stereocenters. The number of benzene rings is 2. The summed E-state index contributed by atoms with van der Waals surface area (Å²) in [7, 11) is -3.64. The lowest BCUT2D eigenvalue weighted by atomic mass is 10.2. The van der Waals surface area contributed by atoms with Gasteiger partial charge in [-0.25, -0.2) is 4.83 Å². The molecule has 0 fully saturated rings. The summed E-state index contributed by atoms with van der Waals surface area (Å²) in [6.07, 6.45) is 1.40. The highest BCUT2D eigenvalue weighted by molar-refractivity contribution is 7.89. The normalized spacial score (nSPS) is 11.7. The monoisotopic (exact) mass is 308 g/mol. The number of nitrogens with zero attached hydrogens (tertiary/aromatic N) is 1. The van der Waals surface area contributed by atoms with Gasteiger partial charge < -0.3 is 0 Å². The fourth-order valence-electron chi connectivity index (χ4n) is 1.53. The van der Waals surface area contributed by atoms with E-state index in [0.29, 0.717) is 10.6 Å². The zero-order valence-corrected chi connectivity index (χ0v) is 12.3. The van der Waals surface area contributed by atoms with E-state index in [1.165, 1.54) is 18.3 Å². The van der Waals surface area contributed by atoms with E-state index in [9.17, 15) is 8.42 Å². The maximum atomic E-state index is 11.9. The van der Waals surface area contributed by atoms with E-state index in [2.05, 4.69) is 9.93 Å². The van der Waals surface area contributed by atoms with Gasteiger partial charge in [0.2, 0.25) is 0 Å². The fraction of sp³-hybridized carbons (Fsp3) is 0.0714. The maximum Gasteiger partial charge on any atom is 0.276 e. The van der Waals surface area contributed by atoms with Crippen LogP contribution in [0.4, 0.5) is 0 Å². The molecule has 0 saturated heterocycles. The first kappa shape index (κ1) is 14.6. The third-order valence-corrected chi connectivity index (χ3v) is 4.04. The highest BCUT2D eigenvalue weighted by Gasteiger charge is 2.11. The first-order valence-electron chi connectivity index (χ1n) is 5.84. The maximum absolute atomic E-state index is 11.9. The number of hydrazone groups is 1. The molecule has 6 heteroatoms. The van der Waals surface area contributed by atoms with Crippen molar-refractivity contribution in [2.24, 2.45) is 5.10 Å². The molecule has 0 amide bonds. The molecule has 0 unspecified atom stereocenters. The summed E-state index contributed by atoms with van der Waals surface area (Å²) >= 11 is 5.82. The molecule has 2 rings (SSSR count). The Morgan fingerprint density at radius 1 is 1.15 bits per heavy atom. The van der Waals surface area contributed by atoms with Crippen LogP contribution in [-0.4, -0.2) is 14.6 Å². The van der Waals surface area contributed by atoms with Crippen LogP contribution in [0.2, 0.25) is 5.02 Å². The molecule has 1 N–H and O–H groups in total. The van der Waals surface area contributed by atoms with Crippen LogP contribution in [0.15, 0.2) is 58.5 Å². The molecular formula is C14H13ClN2O2S. The van der Waals surface area contributed by atoms with E-state index in [-0.39, 0.29) is 4.90 Å². The summed E-state index contributed by atoms with van der Waals surface area (Å²) in [6.45, 7) is 1.89. The Hall–Kier alpha value is -1.85. The van der Waals surface area contributed by atoms with Gasteiger partial charge in [0.1, 0.15) is 0 Å². The Morgan fingerprint density at radius 3 is 2.50 bits per heavy atom. The molecule has 104 valence electrons. The van der Waals surface area contributed by atoms with E-state index in [0.717, 1.165) is 5.56 Å². The van der Waals surface area contributed by atoms with Crippen molar-refractivity contribution in [1.29, 1.82) is 0 Å². The zero-order valence-electron chi connectivity index (χ0n) is 10.7. The standard InChI is InChI=1S/C14H13ClN2O2S/c1-11-5-7-14(8-6-11)20(18,19)17-16-10-12-3-2-4-13(15)9-12/h2-10,17H,1H3. The molecule has 0 saturated carbocycles. The third kappa shape index (κ3) is 3.82. The molecule has 4 nitrogen and oxygen atoms in total. The predicted octanol–water partition coefficient (Wildman–Crippen LogP) is 2.96. The summed E-state index contributed by atoms with van der Waals surface area (Å²) in [4.78, 5) is 2.33. The van der Waals surface area contributed by atoms with Crippen LogP contribution in [0.5, 0.6) is 0 Å². The van der Waals surface area contributed by atoms with E-state index in [1.807, 2.05) is 6.92 Å². The predicted molar refractivity (Wildman–Crippen MR) is 80.5 cm³/mol. The lowest BCUT2D eigenvalue weighted by Gasteiger charge is -2.03. The number of halogens is 1. The number of sulfonamides is 1. The van der Waals surface area contributed by atoms with Crippen molar-refractivity contribution < 1.29 is 8.42 Å². The third-order valence-electron chi connectivity index (χ3n) is 2.57. The molecule has 20 heavy (non-hydrogen) atoms. The van der Waals surface area contributed by atoms with E-state index < -0.39 is 10.0 Å². The van der Waals surface area contributed by atoms with Crippen LogP contribution in [-0.2, 0) is 10.0 Å². The van der Waals surface area contributed by atoms with Gasteiger partial charge in [0.25, 0.3) is 10.0 Å². The van der Waals surface area contributed by atoms with Gasteiger partial charge in [-0.3, -0.25) is 0 Å². The van der Waals surface area contributed by atoms with E-state index in [4.69, 9.17) is 11.6 Å². The smallest absolute Gasteiger partial charge is 0.200 e. The molecule has 0 aliphatic carbocycles. The number of aryl methyl sites for hydroxylation is 1. The van der Waals surface area contributed by atoms with Crippen LogP contribution in [0, 0.1) is 6.92 Å². The van der Waals surface area contributed by atoms with Crippen LogP contribution in [0.25, 0.3) is 0 Å². The van der Waals surface area contributed by atoms with Crippen molar-refractivity contribution >= 4 is 27.8 Å². The van der Waals surface area contributed by atoms with Gasteiger partial charge >= 0.3 is 0 Å². The Labute approximate surface area is 123 Å². The summed E-state index contributed by atoms with van der Waals surface area (Å²) in [5.74, 6) is 0. The first-order valence-corrected chi connectivity index (χ1v) is 7.70. The molecule has 0 radical (unpaired) electrons. The zero-order chi connectivity index (χ0) is 14.6. The number of hydrogen-bond acceptors (Lipinski definition) is 3. The van der Waals surface area contributed by atoms with Crippen LogP contribution < -0.4 is 4.83 Å². The summed E-state index contributed by atoms with van der Waals surface area (Å²) in [5.41, 5.74) is 1.70. The van der Waals surface area contributed by atoms with Gasteiger partial charge in [-0.05, 0) is 36.8 Å². The second-order valence-corrected chi connectivity index (χ2v) is 6.32. The van der Waals surface area contributed by atoms with Crippen LogP contribution >= 0.6 is 11.6 Å². The van der Waals surface area contributed by atoms with Gasteiger partial charge in [-0.1, -0.05) is 41.4 Å². The second-order valence-electron chi connectivity index (χ2n) is 4.22. The SMILES string of the molecule is Cc1ccc(S(=O)(=O)NN=Cc2cccc(Cl)c2)cc1. The Morgan fingerprint density at radius 2 is 1.85 bits per heavy atom. The molecule has 2 aromatic carbocycles. The van der Waals surface area contributed by atoms with Gasteiger partial charge in [-0.2, -0.15) is 13.5 Å². The molecule has 0 aliphatic heterocycles. The van der Waals surface area contributed by atoms with Gasteiger partial charge in [0.05, 0.1) is 11.1 Å². The molecule has 0 aliphatic rings. The van der Waals surface area contributed by atoms with Crippen LogP contribution in [0.1, 0.15) is 11.1 Å². The first-order chi connectivity index (χ1) is 9.47. The van der Waals surface area contributed by atoms with Crippen molar-refractivity contribution in [2.45, 2.75) is 11.8 Å². The molecule has 0 heterocycles. The van der Waals surface area contributed by atoms with Crippen molar-refractivity contribution in [3.05, 3.63) is 64.7 Å². The van der Waals surface area contributed by atoms with Crippen molar-refractivity contribution in [1.82, 2.24) is 4.83 Å². The van der Waals surface area contributed by atoms with Crippen molar-refractivity contribution in [3.63, 3.8) is 0 Å². The lowest BCUT2D eigenvalue weighted by Crippen LogP contribution is -2.18. The Kier molecular flexibility index (Phi) is 4.42. The Bertz CT molecular complexity index is 725. The van der Waals surface area contributed by atoms with Gasteiger partial charge in [0, 0.05) is 5.02 Å². The summed E-state index contributed by atoms with van der Waals surface area (Å²) < 4.78 is 23.9. The number of nitrogens with one attached hydrogen (secondary N) is 1. The largest absolute Gasteiger partial charge is 0.276 e. The van der Waals surface area contributed by atoms with Crippen molar-refractivity contribution in [3.8, 4) is 0 Å². The molecule has 0 spiro atoms. The highest BCUT2D eigenvalue weighted by Crippen LogP contribution is 2.10. The van der Waals surface area contributed by atoms with Gasteiger partial charge in [-0.15, -0.1) is 0 Å². The average Bonchev–Trinajstić information content (AvgIpc) is 2.39. The minimum absolute atomic E-state index is 0.173. The van der Waals surface area contributed by atoms with E-state index in [1.54, 1.807) is 36.4 Å². The summed E-state index contributed by atoms with van der Waals surface area (Å²) in [6, 6.07) is 13.5. The van der Waals surface area contributed by atoms with E-state index >= 15 is 0 Å². The second kappa shape index (κ2) is 6.07. The topological polar surface area (TPSA) is 58.5 Å². The molecule has 2 aromatic rings. The number of hydrogen-bond donors (Lipinski definition) is 1. The fourth-order valence-corrected chi connectivity index (χ4v) is 2.52. The molecule has 0 aromatic heterocycles. The summed E-state index contributed by atoms with van der Waals surface area (Å²) in [5, 5.41) is 4.30. The Balaban J connectivity index is 2.11. The quantitative estimate of drug-likeness (QED) is 0.697. The minimum atomic E-state index is -3.64. The number of rotatable bonds is 4.